The molecule has 2 nitrogen and oxygen atoms in total. The van der Waals surface area contributed by atoms with Crippen molar-refractivity contribution >= 4 is 21.4 Å². The van der Waals surface area contributed by atoms with Crippen LogP contribution in [-0.2, 0) is 13.1 Å². The van der Waals surface area contributed by atoms with Crippen molar-refractivity contribution < 1.29 is 4.39 Å². The van der Waals surface area contributed by atoms with E-state index in [9.17, 15) is 4.39 Å². The molecule has 0 atom stereocenters. The molecule has 1 heterocycles. The number of benzene rings is 1. The van der Waals surface area contributed by atoms with Gasteiger partial charge in [0.05, 0.1) is 0 Å². The van der Waals surface area contributed by atoms with Crippen LogP contribution < -0.4 is 5.32 Å². The lowest BCUT2D eigenvalue weighted by Crippen LogP contribution is -2.30. The molecule has 0 radical (unpaired) electrons. The van der Waals surface area contributed by atoms with Crippen LogP contribution in [0.4, 0.5) is 4.39 Å². The van der Waals surface area contributed by atoms with Crippen molar-refractivity contribution in [1.29, 1.82) is 0 Å². The third-order valence-corrected chi connectivity index (χ3v) is 4.88. The third kappa shape index (κ3) is 3.03. The van der Waals surface area contributed by atoms with Crippen LogP contribution in [-0.4, -0.2) is 24.5 Å². The minimum atomic E-state index is -0.101. The maximum Gasteiger partial charge on any atom is 0.132 e. The topological polar surface area (TPSA) is 15.3 Å². The number of nitrogens with one attached hydrogen (secondary N) is 1. The summed E-state index contributed by atoms with van der Waals surface area (Å²) in [5, 5.41) is 4.00. The van der Waals surface area contributed by atoms with Crippen molar-refractivity contribution in [3.05, 3.63) is 34.5 Å². The monoisotopic (exact) mass is 294 g/mol. The number of nitrogens with zero attached hydrogens (tertiary/aromatic N) is 1. The Morgan fingerprint density at radius 2 is 2.10 bits per heavy atom. The van der Waals surface area contributed by atoms with Gasteiger partial charge in [0.1, 0.15) is 5.82 Å². The van der Waals surface area contributed by atoms with Gasteiger partial charge in [0.2, 0.25) is 0 Å². The first-order valence-corrected chi connectivity index (χ1v) is 7.97. The molecule has 0 saturated carbocycles. The molecule has 2 aromatic rings. The number of rotatable bonds is 6. The molecule has 0 aliphatic carbocycles. The van der Waals surface area contributed by atoms with Crippen LogP contribution >= 0.6 is 11.3 Å². The quantitative estimate of drug-likeness (QED) is 0.866. The van der Waals surface area contributed by atoms with Crippen LogP contribution in [0.5, 0.6) is 0 Å². The highest BCUT2D eigenvalue weighted by Crippen LogP contribution is 2.34. The van der Waals surface area contributed by atoms with Gasteiger partial charge in [-0.15, -0.1) is 11.3 Å². The Morgan fingerprint density at radius 1 is 1.35 bits per heavy atom. The zero-order valence-corrected chi connectivity index (χ0v) is 13.5. The second kappa shape index (κ2) is 6.66. The lowest BCUT2D eigenvalue weighted by molar-refractivity contribution is 0.225. The molecule has 0 aliphatic heterocycles. The molecule has 20 heavy (non-hydrogen) atoms. The Bertz CT molecular complexity index is 577. The molecule has 4 heteroatoms. The molecule has 0 spiro atoms. The van der Waals surface area contributed by atoms with Gasteiger partial charge in [0, 0.05) is 34.1 Å². The molecular weight excluding hydrogens is 271 g/mol. The molecule has 2 rings (SSSR count). The smallest absolute Gasteiger partial charge is 0.132 e. The molecule has 110 valence electrons. The second-order valence-electron chi connectivity index (χ2n) is 5.30. The lowest BCUT2D eigenvalue weighted by Gasteiger charge is -2.25. The van der Waals surface area contributed by atoms with Crippen LogP contribution in [0.3, 0.4) is 0 Å². The number of hydrogen-bond acceptors (Lipinski definition) is 3. The van der Waals surface area contributed by atoms with E-state index in [1.165, 1.54) is 4.88 Å². The fraction of sp³-hybridized carbons (Fsp3) is 0.500. The van der Waals surface area contributed by atoms with Gasteiger partial charge in [-0.05, 0) is 45.1 Å². The fourth-order valence-electron chi connectivity index (χ4n) is 2.55. The van der Waals surface area contributed by atoms with E-state index in [1.54, 1.807) is 23.5 Å². The van der Waals surface area contributed by atoms with Crippen LogP contribution in [0.2, 0.25) is 0 Å². The zero-order valence-electron chi connectivity index (χ0n) is 12.7. The Hall–Kier alpha value is -0.970. The maximum absolute atomic E-state index is 14.2. The molecule has 0 fully saturated rings. The minimum absolute atomic E-state index is 0.101. The third-order valence-electron chi connectivity index (χ3n) is 3.68. The van der Waals surface area contributed by atoms with E-state index in [-0.39, 0.29) is 5.82 Å². The second-order valence-corrected chi connectivity index (χ2v) is 6.44. The molecule has 1 aromatic heterocycles. The highest BCUT2D eigenvalue weighted by Gasteiger charge is 2.18. The number of hydrogen-bond donors (Lipinski definition) is 1. The summed E-state index contributed by atoms with van der Waals surface area (Å²) in [5.74, 6) is -0.101. The van der Waals surface area contributed by atoms with Gasteiger partial charge in [-0.1, -0.05) is 13.0 Å². The standard InChI is InChI=1S/C16H23FN2S/c1-5-19(11(2)3)10-12-15(9-18-4)20-14-8-6-7-13(17)16(12)14/h6-8,11,18H,5,9-10H2,1-4H3. The SMILES string of the molecule is CCN(Cc1c(CNC)sc2cccc(F)c12)C(C)C. The highest BCUT2D eigenvalue weighted by atomic mass is 32.1. The minimum Gasteiger partial charge on any atom is -0.315 e. The van der Waals surface area contributed by atoms with Gasteiger partial charge in [-0.3, -0.25) is 4.90 Å². The Morgan fingerprint density at radius 3 is 2.70 bits per heavy atom. The summed E-state index contributed by atoms with van der Waals surface area (Å²) in [7, 11) is 1.94. The molecule has 1 aromatic carbocycles. The summed E-state index contributed by atoms with van der Waals surface area (Å²) >= 11 is 1.70. The van der Waals surface area contributed by atoms with E-state index in [2.05, 4.69) is 31.0 Å². The number of thiophene rings is 1. The van der Waals surface area contributed by atoms with Crippen molar-refractivity contribution in [1.82, 2.24) is 10.2 Å². The molecule has 0 saturated heterocycles. The van der Waals surface area contributed by atoms with Crippen molar-refractivity contribution in [2.45, 2.75) is 39.9 Å². The van der Waals surface area contributed by atoms with E-state index >= 15 is 0 Å². The summed E-state index contributed by atoms with van der Waals surface area (Å²) in [5.41, 5.74) is 1.15. The predicted octanol–water partition coefficient (Wildman–Crippen LogP) is 3.99. The Balaban J connectivity index is 2.50. The molecule has 0 bridgehead atoms. The van der Waals surface area contributed by atoms with Gasteiger partial charge >= 0.3 is 0 Å². The van der Waals surface area contributed by atoms with Crippen molar-refractivity contribution in [3.63, 3.8) is 0 Å². The number of fused-ring (bicyclic) bond motifs is 1. The molecule has 0 amide bonds. The van der Waals surface area contributed by atoms with E-state index in [4.69, 9.17) is 0 Å². The first-order valence-electron chi connectivity index (χ1n) is 7.15. The Kier molecular flexibility index (Phi) is 5.13. The molecule has 1 N–H and O–H groups in total. The van der Waals surface area contributed by atoms with Gasteiger partial charge in [0.25, 0.3) is 0 Å². The van der Waals surface area contributed by atoms with Crippen molar-refractivity contribution in [3.8, 4) is 0 Å². The normalized spacial score (nSPS) is 11.9. The van der Waals surface area contributed by atoms with Crippen molar-refractivity contribution in [2.75, 3.05) is 13.6 Å². The first-order chi connectivity index (χ1) is 9.58. The summed E-state index contributed by atoms with van der Waals surface area (Å²) in [6.07, 6.45) is 0. The summed E-state index contributed by atoms with van der Waals surface area (Å²) in [6.45, 7) is 9.11. The average Bonchev–Trinajstić information content (AvgIpc) is 2.75. The largest absolute Gasteiger partial charge is 0.315 e. The van der Waals surface area contributed by atoms with Crippen molar-refractivity contribution in [2.24, 2.45) is 0 Å². The van der Waals surface area contributed by atoms with E-state index in [0.717, 1.165) is 35.3 Å². The van der Waals surface area contributed by atoms with Crippen LogP contribution in [0.25, 0.3) is 10.1 Å². The van der Waals surface area contributed by atoms with Crippen LogP contribution in [0.1, 0.15) is 31.2 Å². The number of halogens is 1. The maximum atomic E-state index is 14.2. The average molecular weight is 294 g/mol. The predicted molar refractivity (Wildman–Crippen MR) is 85.8 cm³/mol. The Labute approximate surface area is 124 Å². The van der Waals surface area contributed by atoms with Gasteiger partial charge in [-0.25, -0.2) is 4.39 Å². The summed E-state index contributed by atoms with van der Waals surface area (Å²) < 4.78 is 15.3. The van der Waals surface area contributed by atoms with Gasteiger partial charge in [0.15, 0.2) is 0 Å². The fourth-order valence-corrected chi connectivity index (χ4v) is 3.79. The van der Waals surface area contributed by atoms with Gasteiger partial charge in [-0.2, -0.15) is 0 Å². The highest BCUT2D eigenvalue weighted by molar-refractivity contribution is 7.19. The van der Waals surface area contributed by atoms with Crippen LogP contribution in [0.15, 0.2) is 18.2 Å². The molecule has 0 aliphatic rings. The van der Waals surface area contributed by atoms with Crippen LogP contribution in [0, 0.1) is 5.82 Å². The summed E-state index contributed by atoms with van der Waals surface area (Å²) in [6, 6.07) is 5.83. The zero-order chi connectivity index (χ0) is 14.7. The summed E-state index contributed by atoms with van der Waals surface area (Å²) in [4.78, 5) is 3.61. The van der Waals surface area contributed by atoms with Gasteiger partial charge < -0.3 is 5.32 Å². The van der Waals surface area contributed by atoms with E-state index in [0.29, 0.717) is 6.04 Å². The lowest BCUT2D eigenvalue weighted by atomic mass is 10.1. The first kappa shape index (κ1) is 15.4. The van der Waals surface area contributed by atoms with E-state index in [1.807, 2.05) is 13.1 Å². The van der Waals surface area contributed by atoms with E-state index < -0.39 is 0 Å². The molecular formula is C16H23FN2S. The molecule has 0 unspecified atom stereocenters.